The van der Waals surface area contributed by atoms with Crippen LogP contribution < -0.4 is 4.74 Å². The molecule has 0 bridgehead atoms. The molecule has 4 nitrogen and oxygen atoms in total. The van der Waals surface area contributed by atoms with Crippen LogP contribution in [0.4, 0.5) is 0 Å². The van der Waals surface area contributed by atoms with Crippen molar-refractivity contribution in [3.63, 3.8) is 0 Å². The Balaban J connectivity index is 3.44. The number of Topliss-reactive ketones (excluding diaryl/α,β-unsaturated/α-hetero) is 1. The van der Waals surface area contributed by atoms with Gasteiger partial charge in [-0.3, -0.25) is 4.79 Å². The largest absolute Gasteiger partial charge is 0.507 e. The van der Waals surface area contributed by atoms with E-state index in [1.54, 1.807) is 0 Å². The number of ether oxygens (including phenoxy) is 1. The molecule has 1 rings (SSSR count). The summed E-state index contributed by atoms with van der Waals surface area (Å²) in [6.45, 7) is 1.29. The van der Waals surface area contributed by atoms with Gasteiger partial charge in [-0.05, 0) is 13.0 Å². The van der Waals surface area contributed by atoms with Crippen molar-refractivity contribution in [2.24, 2.45) is 0 Å². The Morgan fingerprint density at radius 3 is 2.64 bits per heavy atom. The number of carbonyl (C=O) groups excluding carboxylic acids is 1. The van der Waals surface area contributed by atoms with Crippen molar-refractivity contribution >= 4 is 5.78 Å². The number of aromatic hydroxyl groups is 1. The zero-order chi connectivity index (χ0) is 10.7. The molecule has 0 saturated carbocycles. The minimum absolute atomic E-state index is 0.0355. The van der Waals surface area contributed by atoms with Gasteiger partial charge in [-0.15, -0.1) is 0 Å². The average Bonchev–Trinajstić information content (AvgIpc) is 2.15. The molecule has 0 aliphatic rings. The first-order chi connectivity index (χ1) is 6.60. The van der Waals surface area contributed by atoms with E-state index in [4.69, 9.17) is 10.00 Å². The molecule has 0 aliphatic carbocycles. The van der Waals surface area contributed by atoms with Crippen LogP contribution in [0.15, 0.2) is 12.1 Å². The summed E-state index contributed by atoms with van der Waals surface area (Å²) in [5.74, 6) is -0.223. The number of hydrogen-bond acceptors (Lipinski definition) is 4. The highest BCUT2D eigenvalue weighted by molar-refractivity contribution is 5.99. The molecule has 0 spiro atoms. The molecule has 1 N–H and O–H groups in total. The molecule has 72 valence electrons. The number of ketones is 1. The van der Waals surface area contributed by atoms with Crippen LogP contribution in [0.1, 0.15) is 22.8 Å². The van der Waals surface area contributed by atoms with Gasteiger partial charge in [0.15, 0.2) is 5.78 Å². The Kier molecular flexibility index (Phi) is 2.73. The lowest BCUT2D eigenvalue weighted by molar-refractivity contribution is 0.101. The van der Waals surface area contributed by atoms with E-state index < -0.39 is 0 Å². The summed E-state index contributed by atoms with van der Waals surface area (Å²) in [6.07, 6.45) is 0. The minimum atomic E-state index is -0.346. The predicted molar refractivity (Wildman–Crippen MR) is 49.4 cm³/mol. The van der Waals surface area contributed by atoms with Crippen molar-refractivity contribution in [3.8, 4) is 17.6 Å². The number of nitriles is 1. The smallest absolute Gasteiger partial charge is 0.164 e. The quantitative estimate of drug-likeness (QED) is 0.718. The van der Waals surface area contributed by atoms with E-state index in [1.807, 2.05) is 6.07 Å². The van der Waals surface area contributed by atoms with E-state index in [9.17, 15) is 9.90 Å². The Morgan fingerprint density at radius 2 is 2.21 bits per heavy atom. The molecule has 14 heavy (non-hydrogen) atoms. The fourth-order valence-electron chi connectivity index (χ4n) is 1.18. The standard InChI is InChI=1S/C10H9NO3/c1-6(12)10-7(5-11)3-8(14-2)4-9(10)13/h3-4,13H,1-2H3. The molecule has 1 aromatic rings. The number of nitrogens with zero attached hydrogens (tertiary/aromatic N) is 1. The maximum atomic E-state index is 11.1. The zero-order valence-corrected chi connectivity index (χ0v) is 7.87. The lowest BCUT2D eigenvalue weighted by Crippen LogP contribution is -1.98. The van der Waals surface area contributed by atoms with Crippen LogP contribution >= 0.6 is 0 Å². The highest BCUT2D eigenvalue weighted by Gasteiger charge is 2.14. The molecule has 0 saturated heterocycles. The molecule has 0 aliphatic heterocycles. The number of benzene rings is 1. The summed E-state index contributed by atoms with van der Waals surface area (Å²) in [5, 5.41) is 18.2. The maximum absolute atomic E-state index is 11.1. The SMILES string of the molecule is COc1cc(O)c(C(C)=O)c(C#N)c1. The third kappa shape index (κ3) is 1.67. The van der Waals surface area contributed by atoms with Crippen LogP contribution in [0, 0.1) is 11.3 Å². The molecule has 0 radical (unpaired) electrons. The van der Waals surface area contributed by atoms with E-state index in [0.717, 1.165) is 0 Å². The molecule has 0 aromatic heterocycles. The molecule has 0 heterocycles. The average molecular weight is 191 g/mol. The summed E-state index contributed by atoms with van der Waals surface area (Å²) in [6, 6.07) is 4.55. The highest BCUT2D eigenvalue weighted by Crippen LogP contribution is 2.27. The predicted octanol–water partition coefficient (Wildman–Crippen LogP) is 1.48. The van der Waals surface area contributed by atoms with Crippen molar-refractivity contribution in [1.29, 1.82) is 5.26 Å². The van der Waals surface area contributed by atoms with Gasteiger partial charge in [0.25, 0.3) is 0 Å². The Bertz CT molecular complexity index is 418. The second-order valence-electron chi connectivity index (χ2n) is 2.74. The first-order valence-electron chi connectivity index (χ1n) is 3.92. The minimum Gasteiger partial charge on any atom is -0.507 e. The lowest BCUT2D eigenvalue weighted by Gasteiger charge is -2.06. The second-order valence-corrected chi connectivity index (χ2v) is 2.74. The van der Waals surface area contributed by atoms with E-state index in [0.29, 0.717) is 5.75 Å². The van der Waals surface area contributed by atoms with Gasteiger partial charge in [0.05, 0.1) is 18.2 Å². The number of phenolic OH excluding ortho intramolecular Hbond substituents is 1. The van der Waals surface area contributed by atoms with Crippen molar-refractivity contribution in [2.75, 3.05) is 7.11 Å². The van der Waals surface area contributed by atoms with Gasteiger partial charge in [-0.1, -0.05) is 0 Å². The Labute approximate surface area is 81.4 Å². The monoisotopic (exact) mass is 191 g/mol. The van der Waals surface area contributed by atoms with E-state index in [-0.39, 0.29) is 22.7 Å². The van der Waals surface area contributed by atoms with E-state index in [1.165, 1.54) is 26.2 Å². The lowest BCUT2D eigenvalue weighted by atomic mass is 10.0. The van der Waals surface area contributed by atoms with Gasteiger partial charge >= 0.3 is 0 Å². The molecule has 1 aromatic carbocycles. The maximum Gasteiger partial charge on any atom is 0.164 e. The van der Waals surface area contributed by atoms with E-state index in [2.05, 4.69) is 0 Å². The van der Waals surface area contributed by atoms with Crippen LogP contribution in [0.25, 0.3) is 0 Å². The van der Waals surface area contributed by atoms with Crippen molar-refractivity contribution < 1.29 is 14.6 Å². The van der Waals surface area contributed by atoms with Gasteiger partial charge in [0, 0.05) is 6.07 Å². The fourth-order valence-corrected chi connectivity index (χ4v) is 1.18. The number of hydrogen-bond donors (Lipinski definition) is 1. The van der Waals surface area contributed by atoms with Gasteiger partial charge in [-0.2, -0.15) is 5.26 Å². The van der Waals surface area contributed by atoms with Gasteiger partial charge in [-0.25, -0.2) is 0 Å². The third-order valence-electron chi connectivity index (χ3n) is 1.80. The first kappa shape index (κ1) is 10.1. The highest BCUT2D eigenvalue weighted by atomic mass is 16.5. The van der Waals surface area contributed by atoms with Crippen molar-refractivity contribution in [1.82, 2.24) is 0 Å². The summed E-state index contributed by atoms with van der Waals surface area (Å²) >= 11 is 0. The normalized spacial score (nSPS) is 9.21. The summed E-state index contributed by atoms with van der Waals surface area (Å²) < 4.78 is 4.85. The Morgan fingerprint density at radius 1 is 1.57 bits per heavy atom. The number of methoxy groups -OCH3 is 1. The van der Waals surface area contributed by atoms with E-state index >= 15 is 0 Å². The van der Waals surface area contributed by atoms with Crippen LogP contribution in [0.3, 0.4) is 0 Å². The zero-order valence-electron chi connectivity index (χ0n) is 7.87. The van der Waals surface area contributed by atoms with Crippen molar-refractivity contribution in [2.45, 2.75) is 6.92 Å². The Hall–Kier alpha value is -2.02. The number of phenols is 1. The summed E-state index contributed by atoms with van der Waals surface area (Å²) in [4.78, 5) is 11.1. The van der Waals surface area contributed by atoms with Crippen LogP contribution in [-0.4, -0.2) is 18.0 Å². The van der Waals surface area contributed by atoms with Crippen molar-refractivity contribution in [3.05, 3.63) is 23.3 Å². The number of carbonyl (C=O) groups is 1. The van der Waals surface area contributed by atoms with Crippen LogP contribution in [-0.2, 0) is 0 Å². The second kappa shape index (κ2) is 3.79. The molecule has 0 fully saturated rings. The molecule has 0 amide bonds. The molecule has 4 heteroatoms. The fraction of sp³-hybridized carbons (Fsp3) is 0.200. The topological polar surface area (TPSA) is 70.3 Å². The summed E-state index contributed by atoms with van der Waals surface area (Å²) in [5.41, 5.74) is 0.155. The molecular formula is C10H9NO3. The van der Waals surface area contributed by atoms with Crippen LogP contribution in [0.5, 0.6) is 11.5 Å². The van der Waals surface area contributed by atoms with Gasteiger partial charge in [0.2, 0.25) is 0 Å². The molecule has 0 atom stereocenters. The van der Waals surface area contributed by atoms with Gasteiger partial charge < -0.3 is 9.84 Å². The molecule has 0 unspecified atom stereocenters. The molecular weight excluding hydrogens is 182 g/mol. The number of rotatable bonds is 2. The summed E-state index contributed by atoms with van der Waals surface area (Å²) in [7, 11) is 1.42. The third-order valence-corrected chi connectivity index (χ3v) is 1.80. The first-order valence-corrected chi connectivity index (χ1v) is 3.92. The van der Waals surface area contributed by atoms with Gasteiger partial charge in [0.1, 0.15) is 17.6 Å². The van der Waals surface area contributed by atoms with Crippen LogP contribution in [0.2, 0.25) is 0 Å².